The van der Waals surface area contributed by atoms with Crippen molar-refractivity contribution in [2.24, 2.45) is 0 Å². The van der Waals surface area contributed by atoms with E-state index in [1.165, 1.54) is 27.9 Å². The van der Waals surface area contributed by atoms with Gasteiger partial charge in [0.25, 0.3) is 0 Å². The fourth-order valence-electron chi connectivity index (χ4n) is 2.92. The molecule has 0 radical (unpaired) electrons. The third-order valence-corrected chi connectivity index (χ3v) is 4.73. The fourth-order valence-corrected chi connectivity index (χ4v) is 2.92. The Balaban J connectivity index is 1.99. The Morgan fingerprint density at radius 2 is 1.80 bits per heavy atom. The zero-order valence-corrected chi connectivity index (χ0v) is 12.7. The number of hydrogen-bond donors (Lipinski definition) is 1. The minimum Gasteiger partial charge on any atom is -0.384 e. The molecule has 0 fully saturated rings. The van der Waals surface area contributed by atoms with Crippen molar-refractivity contribution in [1.29, 1.82) is 0 Å². The van der Waals surface area contributed by atoms with Gasteiger partial charge in [0.15, 0.2) is 0 Å². The molecular formula is C19H23N. The van der Waals surface area contributed by atoms with E-state index < -0.39 is 0 Å². The van der Waals surface area contributed by atoms with Crippen LogP contribution in [-0.2, 0) is 11.8 Å². The molecule has 104 valence electrons. The summed E-state index contributed by atoms with van der Waals surface area (Å²) in [7, 11) is 0. The summed E-state index contributed by atoms with van der Waals surface area (Å²) in [6.45, 7) is 7.94. The molecular weight excluding hydrogens is 242 g/mol. The number of fused-ring (bicyclic) bond motifs is 1. The molecule has 1 heterocycles. The van der Waals surface area contributed by atoms with Crippen molar-refractivity contribution in [2.45, 2.75) is 39.0 Å². The Morgan fingerprint density at radius 3 is 2.50 bits per heavy atom. The lowest BCUT2D eigenvalue weighted by Crippen LogP contribution is -2.14. The van der Waals surface area contributed by atoms with Gasteiger partial charge in [-0.15, -0.1) is 0 Å². The molecule has 0 saturated heterocycles. The first kappa shape index (κ1) is 13.2. The molecule has 1 heteroatoms. The van der Waals surface area contributed by atoms with Crippen LogP contribution in [0.3, 0.4) is 0 Å². The maximum absolute atomic E-state index is 3.46. The van der Waals surface area contributed by atoms with E-state index in [0.29, 0.717) is 0 Å². The third kappa shape index (κ3) is 2.22. The van der Waals surface area contributed by atoms with Gasteiger partial charge in [0.1, 0.15) is 0 Å². The topological polar surface area (TPSA) is 12.0 Å². The maximum Gasteiger partial charge on any atom is 0.0379 e. The molecule has 0 bridgehead atoms. The van der Waals surface area contributed by atoms with Crippen LogP contribution in [0.4, 0.5) is 5.69 Å². The molecule has 1 aliphatic heterocycles. The number of rotatable bonds is 3. The van der Waals surface area contributed by atoms with Gasteiger partial charge < -0.3 is 5.32 Å². The van der Waals surface area contributed by atoms with Crippen LogP contribution in [0.15, 0.2) is 42.5 Å². The van der Waals surface area contributed by atoms with Crippen molar-refractivity contribution < 1.29 is 0 Å². The van der Waals surface area contributed by atoms with E-state index in [0.717, 1.165) is 19.4 Å². The van der Waals surface area contributed by atoms with Gasteiger partial charge in [-0.2, -0.15) is 0 Å². The maximum atomic E-state index is 3.46. The van der Waals surface area contributed by atoms with Crippen molar-refractivity contribution in [2.75, 3.05) is 11.9 Å². The first-order chi connectivity index (χ1) is 9.62. The molecule has 20 heavy (non-hydrogen) atoms. The van der Waals surface area contributed by atoms with E-state index in [9.17, 15) is 0 Å². The van der Waals surface area contributed by atoms with Crippen molar-refractivity contribution in [3.05, 3.63) is 53.6 Å². The summed E-state index contributed by atoms with van der Waals surface area (Å²) in [5.41, 5.74) is 7.18. The predicted molar refractivity (Wildman–Crippen MR) is 87.4 cm³/mol. The van der Waals surface area contributed by atoms with E-state index in [4.69, 9.17) is 0 Å². The summed E-state index contributed by atoms with van der Waals surface area (Å²) in [5, 5.41) is 3.46. The van der Waals surface area contributed by atoms with Crippen LogP contribution in [0, 0.1) is 0 Å². The molecule has 0 spiro atoms. The van der Waals surface area contributed by atoms with Gasteiger partial charge in [-0.05, 0) is 46.6 Å². The van der Waals surface area contributed by atoms with Crippen molar-refractivity contribution in [3.8, 4) is 11.1 Å². The number of benzene rings is 2. The van der Waals surface area contributed by atoms with Gasteiger partial charge in [-0.1, -0.05) is 57.2 Å². The largest absolute Gasteiger partial charge is 0.384 e. The van der Waals surface area contributed by atoms with Gasteiger partial charge in [0, 0.05) is 12.2 Å². The summed E-state index contributed by atoms with van der Waals surface area (Å²) < 4.78 is 0. The lowest BCUT2D eigenvalue weighted by Gasteiger charge is -2.23. The average molecular weight is 265 g/mol. The van der Waals surface area contributed by atoms with Gasteiger partial charge in [-0.3, -0.25) is 0 Å². The molecule has 2 aromatic rings. The molecule has 2 aromatic carbocycles. The van der Waals surface area contributed by atoms with E-state index >= 15 is 0 Å². The smallest absolute Gasteiger partial charge is 0.0379 e. The molecule has 1 aliphatic rings. The van der Waals surface area contributed by atoms with Crippen LogP contribution < -0.4 is 5.32 Å². The second kappa shape index (κ2) is 4.97. The van der Waals surface area contributed by atoms with Crippen LogP contribution in [0.2, 0.25) is 0 Å². The second-order valence-corrected chi connectivity index (χ2v) is 6.32. The molecule has 0 aromatic heterocycles. The summed E-state index contributed by atoms with van der Waals surface area (Å²) in [4.78, 5) is 0. The molecule has 3 rings (SSSR count). The SMILES string of the molecule is CCC(C)(C)c1ccc(-c2cccc3c2CCN3)cc1. The first-order valence-corrected chi connectivity index (χ1v) is 7.58. The Kier molecular flexibility index (Phi) is 3.29. The Morgan fingerprint density at radius 1 is 1.05 bits per heavy atom. The van der Waals surface area contributed by atoms with E-state index in [-0.39, 0.29) is 5.41 Å². The minimum absolute atomic E-state index is 0.263. The fraction of sp³-hybridized carbons (Fsp3) is 0.368. The highest BCUT2D eigenvalue weighted by Gasteiger charge is 2.19. The van der Waals surface area contributed by atoms with E-state index in [2.05, 4.69) is 68.6 Å². The van der Waals surface area contributed by atoms with E-state index in [1.54, 1.807) is 0 Å². The summed E-state index contributed by atoms with van der Waals surface area (Å²) in [6, 6.07) is 15.7. The Hall–Kier alpha value is -1.76. The van der Waals surface area contributed by atoms with E-state index in [1.807, 2.05) is 0 Å². The Labute approximate surface area is 122 Å². The molecule has 1 nitrogen and oxygen atoms in total. The highest BCUT2D eigenvalue weighted by atomic mass is 14.9. The van der Waals surface area contributed by atoms with Crippen LogP contribution >= 0.6 is 0 Å². The molecule has 1 N–H and O–H groups in total. The van der Waals surface area contributed by atoms with Crippen LogP contribution in [-0.4, -0.2) is 6.54 Å². The lowest BCUT2D eigenvalue weighted by atomic mass is 9.81. The quantitative estimate of drug-likeness (QED) is 0.822. The second-order valence-electron chi connectivity index (χ2n) is 6.32. The number of hydrogen-bond acceptors (Lipinski definition) is 1. The van der Waals surface area contributed by atoms with Gasteiger partial charge in [-0.25, -0.2) is 0 Å². The van der Waals surface area contributed by atoms with Crippen molar-refractivity contribution in [1.82, 2.24) is 0 Å². The van der Waals surface area contributed by atoms with Crippen LogP contribution in [0.25, 0.3) is 11.1 Å². The third-order valence-electron chi connectivity index (χ3n) is 4.73. The first-order valence-electron chi connectivity index (χ1n) is 7.58. The minimum atomic E-state index is 0.263. The summed E-state index contributed by atoms with van der Waals surface area (Å²) >= 11 is 0. The zero-order valence-electron chi connectivity index (χ0n) is 12.7. The molecule has 0 aliphatic carbocycles. The molecule has 0 atom stereocenters. The van der Waals surface area contributed by atoms with Crippen LogP contribution in [0.5, 0.6) is 0 Å². The summed E-state index contributed by atoms with van der Waals surface area (Å²) in [5.74, 6) is 0. The normalized spacial score (nSPS) is 13.9. The molecule has 0 unspecified atom stereocenters. The summed E-state index contributed by atoms with van der Waals surface area (Å²) in [6.07, 6.45) is 2.30. The molecule has 0 saturated carbocycles. The van der Waals surface area contributed by atoms with Gasteiger partial charge >= 0.3 is 0 Å². The van der Waals surface area contributed by atoms with Crippen LogP contribution in [0.1, 0.15) is 38.3 Å². The number of anilines is 1. The average Bonchev–Trinajstić information content (AvgIpc) is 2.95. The molecule has 0 amide bonds. The zero-order chi connectivity index (χ0) is 14.2. The van der Waals surface area contributed by atoms with Crippen molar-refractivity contribution in [3.63, 3.8) is 0 Å². The predicted octanol–water partition coefficient (Wildman–Crippen LogP) is 5.01. The lowest BCUT2D eigenvalue weighted by molar-refractivity contribution is 0.506. The number of nitrogens with one attached hydrogen (secondary N) is 1. The highest BCUT2D eigenvalue weighted by molar-refractivity contribution is 5.75. The van der Waals surface area contributed by atoms with Crippen molar-refractivity contribution >= 4 is 5.69 Å². The highest BCUT2D eigenvalue weighted by Crippen LogP contribution is 2.34. The monoisotopic (exact) mass is 265 g/mol. The van der Waals surface area contributed by atoms with Gasteiger partial charge in [0.2, 0.25) is 0 Å². The Bertz CT molecular complexity index is 608. The standard InChI is InChI=1S/C19H23N/c1-4-19(2,3)15-10-8-14(9-11-15)16-6-5-7-18-17(16)12-13-20-18/h5-11,20H,4,12-13H2,1-3H3. The van der Waals surface area contributed by atoms with Gasteiger partial charge in [0.05, 0.1) is 0 Å².